The van der Waals surface area contributed by atoms with Gasteiger partial charge in [-0.25, -0.2) is 0 Å². The van der Waals surface area contributed by atoms with Gasteiger partial charge in [0.15, 0.2) is 12.1 Å². The second-order valence-corrected chi connectivity index (χ2v) is 4.44. The molecule has 0 aromatic carbocycles. The van der Waals surface area contributed by atoms with E-state index in [0.717, 1.165) is 0 Å². The van der Waals surface area contributed by atoms with Gasteiger partial charge in [-0.1, -0.05) is 15.9 Å². The Morgan fingerprint density at radius 3 is 2.62 bits per heavy atom. The maximum Gasteiger partial charge on any atom is 0.190 e. The predicted molar refractivity (Wildman–Crippen MR) is 48.5 cm³/mol. The molecule has 0 spiro atoms. The summed E-state index contributed by atoms with van der Waals surface area (Å²) in [5, 5.41) is 10.3. The Morgan fingerprint density at radius 2 is 2.08 bits per heavy atom. The monoisotopic (exact) mass is 252 g/mol. The van der Waals surface area contributed by atoms with Crippen LogP contribution in [0.1, 0.15) is 13.8 Å². The largest absolute Gasteiger partial charge is 0.387 e. The van der Waals surface area contributed by atoms with Gasteiger partial charge in [-0.15, -0.1) is 0 Å². The summed E-state index contributed by atoms with van der Waals surface area (Å²) >= 11 is 3.26. The van der Waals surface area contributed by atoms with Crippen molar-refractivity contribution >= 4 is 15.9 Å². The summed E-state index contributed by atoms with van der Waals surface area (Å²) < 4.78 is 16.4. The van der Waals surface area contributed by atoms with E-state index in [4.69, 9.17) is 14.2 Å². The first-order valence-corrected chi connectivity index (χ1v) is 5.41. The second-order valence-electron chi connectivity index (χ2n) is 3.79. The van der Waals surface area contributed by atoms with Gasteiger partial charge >= 0.3 is 0 Å². The molecular weight excluding hydrogens is 240 g/mol. The Hall–Kier alpha value is 0.320. The van der Waals surface area contributed by atoms with Crippen LogP contribution in [0.5, 0.6) is 0 Å². The highest BCUT2D eigenvalue weighted by molar-refractivity contribution is 9.09. The highest BCUT2D eigenvalue weighted by Crippen LogP contribution is 2.37. The molecule has 76 valence electrons. The van der Waals surface area contributed by atoms with Crippen molar-refractivity contribution < 1.29 is 19.3 Å². The molecular formula is C8H13BrO4. The third-order valence-electron chi connectivity index (χ3n) is 2.27. The van der Waals surface area contributed by atoms with Gasteiger partial charge < -0.3 is 19.3 Å². The van der Waals surface area contributed by atoms with Crippen LogP contribution in [0, 0.1) is 0 Å². The van der Waals surface area contributed by atoms with Crippen molar-refractivity contribution in [2.45, 2.75) is 44.2 Å². The molecule has 0 aromatic heterocycles. The summed E-state index contributed by atoms with van der Waals surface area (Å²) in [7, 11) is 0. The Kier molecular flexibility index (Phi) is 2.40. The molecule has 4 atom stereocenters. The van der Waals surface area contributed by atoms with Crippen molar-refractivity contribution in [3.63, 3.8) is 0 Å². The predicted octanol–water partition coefficient (Wildman–Crippen LogP) is 0.619. The van der Waals surface area contributed by atoms with Crippen LogP contribution in [-0.2, 0) is 14.2 Å². The maximum atomic E-state index is 9.73. The highest BCUT2D eigenvalue weighted by Gasteiger charge is 2.53. The molecule has 1 N–H and O–H groups in total. The molecule has 2 heterocycles. The number of hydrogen-bond donors (Lipinski definition) is 1. The molecule has 0 aromatic rings. The van der Waals surface area contributed by atoms with Crippen molar-refractivity contribution in [3.8, 4) is 0 Å². The molecule has 4 unspecified atom stereocenters. The topological polar surface area (TPSA) is 47.9 Å². The zero-order valence-corrected chi connectivity index (χ0v) is 9.15. The Bertz CT molecular complexity index is 208. The fourth-order valence-electron chi connectivity index (χ4n) is 1.69. The van der Waals surface area contributed by atoms with Crippen LogP contribution in [0.2, 0.25) is 0 Å². The molecule has 0 radical (unpaired) electrons. The van der Waals surface area contributed by atoms with Crippen LogP contribution in [-0.4, -0.2) is 40.8 Å². The standard InChI is InChI=1S/C8H13BrO4/c1-8(2)12-6-5(10)4(3-9)11-7(6)13-8/h4-7,10H,3H2,1-2H3. The number of alkyl halides is 1. The minimum atomic E-state index is -0.645. The van der Waals surface area contributed by atoms with Crippen LogP contribution in [0.15, 0.2) is 0 Å². The Balaban J connectivity index is 2.07. The molecule has 2 saturated heterocycles. The molecule has 4 nitrogen and oxygen atoms in total. The van der Waals surface area contributed by atoms with Gasteiger partial charge in [-0.05, 0) is 13.8 Å². The molecule has 13 heavy (non-hydrogen) atoms. The van der Waals surface area contributed by atoms with Gasteiger partial charge in [-0.2, -0.15) is 0 Å². The molecule has 5 heteroatoms. The van der Waals surface area contributed by atoms with Crippen molar-refractivity contribution in [2.24, 2.45) is 0 Å². The van der Waals surface area contributed by atoms with Crippen LogP contribution in [0.4, 0.5) is 0 Å². The van der Waals surface area contributed by atoms with E-state index in [-0.39, 0.29) is 12.2 Å². The lowest BCUT2D eigenvalue weighted by atomic mass is 10.2. The summed E-state index contributed by atoms with van der Waals surface area (Å²) in [5.74, 6) is -0.645. The Labute approximate surface area is 85.3 Å². The number of fused-ring (bicyclic) bond motifs is 1. The molecule has 2 aliphatic rings. The van der Waals surface area contributed by atoms with E-state index in [0.29, 0.717) is 5.33 Å². The minimum absolute atomic E-state index is 0.230. The van der Waals surface area contributed by atoms with Crippen LogP contribution in [0.25, 0.3) is 0 Å². The van der Waals surface area contributed by atoms with Gasteiger partial charge in [0.2, 0.25) is 0 Å². The summed E-state index contributed by atoms with van der Waals surface area (Å²) in [6, 6.07) is 0. The zero-order valence-electron chi connectivity index (χ0n) is 7.57. The van der Waals surface area contributed by atoms with Crippen molar-refractivity contribution in [2.75, 3.05) is 5.33 Å². The van der Waals surface area contributed by atoms with E-state index in [1.165, 1.54) is 0 Å². The SMILES string of the molecule is CC1(C)OC2OC(CBr)C(O)C2O1. The van der Waals surface area contributed by atoms with E-state index >= 15 is 0 Å². The number of halogens is 1. The van der Waals surface area contributed by atoms with Crippen LogP contribution >= 0.6 is 15.9 Å². The molecule has 0 bridgehead atoms. The zero-order chi connectivity index (χ0) is 9.64. The first kappa shape index (κ1) is 9.86. The van der Waals surface area contributed by atoms with E-state index in [1.807, 2.05) is 13.8 Å². The van der Waals surface area contributed by atoms with Gasteiger partial charge in [0.25, 0.3) is 0 Å². The molecule has 2 rings (SSSR count). The van der Waals surface area contributed by atoms with Crippen molar-refractivity contribution in [1.29, 1.82) is 0 Å². The fourth-order valence-corrected chi connectivity index (χ4v) is 2.22. The normalized spacial score (nSPS) is 48.0. The maximum absolute atomic E-state index is 9.73. The first-order valence-electron chi connectivity index (χ1n) is 4.28. The van der Waals surface area contributed by atoms with E-state index in [1.54, 1.807) is 0 Å². The summed E-state index contributed by atoms with van der Waals surface area (Å²) in [6.45, 7) is 3.62. The van der Waals surface area contributed by atoms with Crippen molar-refractivity contribution in [1.82, 2.24) is 0 Å². The quantitative estimate of drug-likeness (QED) is 0.696. The van der Waals surface area contributed by atoms with Crippen LogP contribution in [0.3, 0.4) is 0 Å². The number of aliphatic hydroxyl groups excluding tert-OH is 1. The van der Waals surface area contributed by atoms with Gasteiger partial charge in [-0.3, -0.25) is 0 Å². The highest BCUT2D eigenvalue weighted by atomic mass is 79.9. The molecule has 2 aliphatic heterocycles. The number of ether oxygens (including phenoxy) is 3. The van der Waals surface area contributed by atoms with Crippen LogP contribution < -0.4 is 0 Å². The molecule has 2 fully saturated rings. The lowest BCUT2D eigenvalue weighted by molar-refractivity contribution is -0.211. The third kappa shape index (κ3) is 1.64. The number of aliphatic hydroxyl groups is 1. The average Bonchev–Trinajstić information content (AvgIpc) is 2.47. The minimum Gasteiger partial charge on any atom is -0.387 e. The fraction of sp³-hybridized carbons (Fsp3) is 1.00. The molecule has 0 saturated carbocycles. The van der Waals surface area contributed by atoms with E-state index < -0.39 is 18.2 Å². The van der Waals surface area contributed by atoms with E-state index in [9.17, 15) is 5.11 Å². The lowest BCUT2D eigenvalue weighted by Gasteiger charge is -2.21. The first-order chi connectivity index (χ1) is 6.03. The third-order valence-corrected chi connectivity index (χ3v) is 2.90. The molecule has 0 amide bonds. The number of rotatable bonds is 1. The second kappa shape index (κ2) is 3.17. The Morgan fingerprint density at radius 1 is 1.38 bits per heavy atom. The van der Waals surface area contributed by atoms with Gasteiger partial charge in [0.1, 0.15) is 12.2 Å². The lowest BCUT2D eigenvalue weighted by Crippen LogP contribution is -2.35. The average molecular weight is 253 g/mol. The number of hydrogen-bond acceptors (Lipinski definition) is 4. The molecule has 0 aliphatic carbocycles. The smallest absolute Gasteiger partial charge is 0.190 e. The van der Waals surface area contributed by atoms with Crippen molar-refractivity contribution in [3.05, 3.63) is 0 Å². The summed E-state index contributed by atoms with van der Waals surface area (Å²) in [5.41, 5.74) is 0. The summed E-state index contributed by atoms with van der Waals surface area (Å²) in [6.07, 6.45) is -1.61. The van der Waals surface area contributed by atoms with Gasteiger partial charge in [0.05, 0.1) is 6.10 Å². The summed E-state index contributed by atoms with van der Waals surface area (Å²) in [4.78, 5) is 0. The van der Waals surface area contributed by atoms with E-state index in [2.05, 4.69) is 15.9 Å². The van der Waals surface area contributed by atoms with Gasteiger partial charge in [0, 0.05) is 5.33 Å².